The van der Waals surface area contributed by atoms with Crippen LogP contribution in [0, 0.1) is 11.8 Å². The molecule has 1 fully saturated rings. The van der Waals surface area contributed by atoms with E-state index in [0.717, 1.165) is 48.9 Å². The normalized spacial score (nSPS) is 23.5. The van der Waals surface area contributed by atoms with Gasteiger partial charge in [0.05, 0.1) is 5.35 Å². The summed E-state index contributed by atoms with van der Waals surface area (Å²) in [6.45, 7) is 8.18. The lowest BCUT2D eigenvalue weighted by molar-refractivity contribution is 0.0922. The van der Waals surface area contributed by atoms with Crippen LogP contribution in [0.1, 0.15) is 74.8 Å². The molecule has 2 atom stereocenters. The number of thioether (sulfide) groups is 1. The third-order valence-corrected chi connectivity index (χ3v) is 7.94. The zero-order chi connectivity index (χ0) is 23.9. The number of amides is 1. The Kier molecular flexibility index (Phi) is 8.60. The van der Waals surface area contributed by atoms with E-state index in [2.05, 4.69) is 66.7 Å². The molecule has 180 valence electrons. The Morgan fingerprint density at radius 1 is 1.24 bits per heavy atom. The van der Waals surface area contributed by atoms with Crippen molar-refractivity contribution in [2.45, 2.75) is 71.3 Å². The van der Waals surface area contributed by atoms with Crippen molar-refractivity contribution < 1.29 is 4.79 Å². The van der Waals surface area contributed by atoms with Crippen molar-refractivity contribution in [2.24, 2.45) is 16.8 Å². The van der Waals surface area contributed by atoms with Crippen LogP contribution in [-0.4, -0.2) is 29.4 Å². The lowest BCUT2D eigenvalue weighted by Gasteiger charge is -2.22. The molecule has 3 aliphatic rings. The Morgan fingerprint density at radius 2 is 2.03 bits per heavy atom. The average molecular weight is 476 g/mol. The first kappa shape index (κ1) is 24.7. The van der Waals surface area contributed by atoms with Gasteiger partial charge in [0.1, 0.15) is 5.69 Å². The van der Waals surface area contributed by atoms with Crippen molar-refractivity contribution in [3.8, 4) is 0 Å². The molecule has 1 saturated carbocycles. The minimum Gasteiger partial charge on any atom is -0.348 e. The quantitative estimate of drug-likeness (QED) is 0.442. The van der Waals surface area contributed by atoms with Gasteiger partial charge in [-0.1, -0.05) is 56.1 Å². The van der Waals surface area contributed by atoms with Gasteiger partial charge in [-0.25, -0.2) is 4.98 Å². The van der Waals surface area contributed by atoms with Crippen molar-refractivity contribution in [3.05, 3.63) is 62.8 Å². The number of carbonyl (C=O) groups excluding carboxylic acids is 1. The third-order valence-electron chi connectivity index (χ3n) is 7.04. The van der Waals surface area contributed by atoms with Crippen molar-refractivity contribution in [3.63, 3.8) is 0 Å². The fraction of sp³-hybridized carbons (Fsp3) is 0.483. The van der Waals surface area contributed by atoms with Gasteiger partial charge in [-0.05, 0) is 80.0 Å². The Labute approximate surface area is 208 Å². The van der Waals surface area contributed by atoms with E-state index in [1.807, 2.05) is 17.8 Å². The molecule has 1 aromatic rings. The SMILES string of the molecule is C=N/C(=C\C=C(/C)Cc1cc(C(=O)NC2CCCCC2)nc2c1=CCC(C)CC=2)C1C=CSC1. The van der Waals surface area contributed by atoms with E-state index < -0.39 is 0 Å². The number of pyridine rings is 1. The number of fused-ring (bicyclic) bond motifs is 1. The first-order valence-corrected chi connectivity index (χ1v) is 13.7. The molecule has 2 heterocycles. The van der Waals surface area contributed by atoms with Crippen LogP contribution < -0.4 is 15.9 Å². The van der Waals surface area contributed by atoms with Gasteiger partial charge in [0.15, 0.2) is 0 Å². The lowest BCUT2D eigenvalue weighted by Crippen LogP contribution is -2.40. The molecule has 2 unspecified atom stereocenters. The van der Waals surface area contributed by atoms with Crippen LogP contribution >= 0.6 is 11.8 Å². The van der Waals surface area contributed by atoms with Gasteiger partial charge in [0.25, 0.3) is 5.91 Å². The number of aliphatic imine (C=N–C) groups is 1. The second-order valence-electron chi connectivity index (χ2n) is 9.97. The minimum absolute atomic E-state index is 0.0353. The van der Waals surface area contributed by atoms with Crippen LogP contribution in [-0.2, 0) is 6.42 Å². The average Bonchev–Trinajstić information content (AvgIpc) is 3.30. The highest BCUT2D eigenvalue weighted by atomic mass is 32.2. The summed E-state index contributed by atoms with van der Waals surface area (Å²) in [6.07, 6.45) is 19.6. The van der Waals surface area contributed by atoms with Gasteiger partial charge >= 0.3 is 0 Å². The molecule has 5 heteroatoms. The van der Waals surface area contributed by atoms with Crippen molar-refractivity contribution in [1.29, 1.82) is 0 Å². The molecule has 0 spiro atoms. The van der Waals surface area contributed by atoms with Crippen molar-refractivity contribution in [1.82, 2.24) is 10.3 Å². The smallest absolute Gasteiger partial charge is 0.270 e. The van der Waals surface area contributed by atoms with Gasteiger partial charge in [-0.2, -0.15) is 0 Å². The predicted octanol–water partition coefficient (Wildman–Crippen LogP) is 5.09. The molecule has 2 aliphatic carbocycles. The summed E-state index contributed by atoms with van der Waals surface area (Å²) in [5.41, 5.74) is 3.96. The summed E-state index contributed by atoms with van der Waals surface area (Å²) >= 11 is 1.81. The number of rotatable bonds is 7. The van der Waals surface area contributed by atoms with Crippen molar-refractivity contribution >= 4 is 36.5 Å². The summed E-state index contributed by atoms with van der Waals surface area (Å²) in [4.78, 5) is 22.2. The Bertz CT molecular complexity index is 1120. The van der Waals surface area contributed by atoms with Crippen LogP contribution in [0.15, 0.2) is 46.0 Å². The van der Waals surface area contributed by atoms with Crippen LogP contribution in [0.25, 0.3) is 12.2 Å². The summed E-state index contributed by atoms with van der Waals surface area (Å²) < 4.78 is 0. The minimum atomic E-state index is -0.0353. The molecule has 4 rings (SSSR count). The van der Waals surface area contributed by atoms with Crippen LogP contribution in [0.4, 0.5) is 0 Å². The highest BCUT2D eigenvalue weighted by Crippen LogP contribution is 2.27. The molecule has 0 bridgehead atoms. The standard InChI is InChI=1S/C29H37N3OS/c1-20-9-12-25-23(17-21(2)11-13-26(30-3)22-15-16-34-19-22)18-28(32-27(25)14-10-20)29(33)31-24-7-5-4-6-8-24/h11-16,18,20,22,24H,3-10,17,19H2,1-2H3,(H,31,33)/b21-11+,26-13-. The van der Waals surface area contributed by atoms with Gasteiger partial charge in [-0.15, -0.1) is 11.8 Å². The highest BCUT2D eigenvalue weighted by Gasteiger charge is 2.19. The van der Waals surface area contributed by atoms with Crippen LogP contribution in [0.3, 0.4) is 0 Å². The molecule has 34 heavy (non-hydrogen) atoms. The molecular formula is C29H37N3OS. The summed E-state index contributed by atoms with van der Waals surface area (Å²) in [5, 5.41) is 7.53. The number of carbonyl (C=O) groups is 1. The highest BCUT2D eigenvalue weighted by molar-refractivity contribution is 8.02. The summed E-state index contributed by atoms with van der Waals surface area (Å²) in [6, 6.07) is 2.29. The lowest BCUT2D eigenvalue weighted by atomic mass is 9.95. The zero-order valence-corrected chi connectivity index (χ0v) is 21.4. The Hall–Kier alpha value is -2.40. The maximum atomic E-state index is 13.1. The number of hydrogen-bond acceptors (Lipinski definition) is 4. The largest absolute Gasteiger partial charge is 0.348 e. The van der Waals surface area contributed by atoms with Gasteiger partial charge in [0.2, 0.25) is 0 Å². The first-order valence-electron chi connectivity index (χ1n) is 12.7. The second kappa shape index (κ2) is 11.8. The maximum Gasteiger partial charge on any atom is 0.270 e. The maximum absolute atomic E-state index is 13.1. The topological polar surface area (TPSA) is 54.4 Å². The van der Waals surface area contributed by atoms with Crippen LogP contribution in [0.2, 0.25) is 0 Å². The van der Waals surface area contributed by atoms with Gasteiger partial charge in [-0.3, -0.25) is 9.79 Å². The summed E-state index contributed by atoms with van der Waals surface area (Å²) in [5.74, 6) is 1.91. The Morgan fingerprint density at radius 3 is 2.76 bits per heavy atom. The zero-order valence-electron chi connectivity index (χ0n) is 20.6. The molecule has 1 aromatic heterocycles. The molecule has 1 amide bonds. The number of hydrogen-bond donors (Lipinski definition) is 1. The number of allylic oxidation sites excluding steroid dienone is 4. The molecule has 0 saturated heterocycles. The number of nitrogens with zero attached hydrogens (tertiary/aromatic N) is 2. The van der Waals surface area contributed by atoms with E-state index in [0.29, 0.717) is 17.5 Å². The molecule has 4 nitrogen and oxygen atoms in total. The Balaban J connectivity index is 1.62. The summed E-state index contributed by atoms with van der Waals surface area (Å²) in [7, 11) is 0. The molecule has 0 radical (unpaired) electrons. The second-order valence-corrected chi connectivity index (χ2v) is 10.9. The first-order chi connectivity index (χ1) is 16.5. The third kappa shape index (κ3) is 6.38. The number of nitrogens with one attached hydrogen (secondary N) is 1. The van der Waals surface area contributed by atoms with E-state index in [1.165, 1.54) is 35.6 Å². The van der Waals surface area contributed by atoms with E-state index >= 15 is 0 Å². The molecule has 1 N–H and O–H groups in total. The molecule has 1 aliphatic heterocycles. The van der Waals surface area contributed by atoms with E-state index in [9.17, 15) is 4.79 Å². The van der Waals surface area contributed by atoms with E-state index in [-0.39, 0.29) is 11.9 Å². The molecular weight excluding hydrogens is 438 g/mol. The molecule has 0 aromatic carbocycles. The van der Waals surface area contributed by atoms with Crippen molar-refractivity contribution in [2.75, 3.05) is 5.75 Å². The van der Waals surface area contributed by atoms with E-state index in [4.69, 9.17) is 4.98 Å². The van der Waals surface area contributed by atoms with Crippen LogP contribution in [0.5, 0.6) is 0 Å². The van der Waals surface area contributed by atoms with E-state index in [1.54, 1.807) is 0 Å². The monoisotopic (exact) mass is 475 g/mol. The van der Waals surface area contributed by atoms with Gasteiger partial charge < -0.3 is 5.32 Å². The fourth-order valence-corrected chi connectivity index (χ4v) is 5.85. The fourth-order valence-electron chi connectivity index (χ4n) is 4.95. The predicted molar refractivity (Wildman–Crippen MR) is 145 cm³/mol. The van der Waals surface area contributed by atoms with Gasteiger partial charge in [0, 0.05) is 23.4 Å². The number of aromatic nitrogens is 1.